The lowest BCUT2D eigenvalue weighted by Gasteiger charge is -2.29. The molecule has 1 aliphatic rings. The van der Waals surface area contributed by atoms with Crippen LogP contribution in [0.25, 0.3) is 21.5 Å². The fraction of sp³-hybridized carbons (Fsp3) is 0.0476. The molecule has 0 bridgehead atoms. The maximum absolute atomic E-state index is 12.4. The highest BCUT2D eigenvalue weighted by Crippen LogP contribution is 2.41. The molecule has 2 aromatic heterocycles. The van der Waals surface area contributed by atoms with Gasteiger partial charge in [0.1, 0.15) is 5.01 Å². The third-order valence-corrected chi connectivity index (χ3v) is 6.49. The number of hydrogen-bond acceptors (Lipinski definition) is 4. The first-order valence-electron chi connectivity index (χ1n) is 8.56. The van der Waals surface area contributed by atoms with Gasteiger partial charge in [0.05, 0.1) is 22.0 Å². The molecule has 0 radical (unpaired) electrons. The predicted molar refractivity (Wildman–Crippen MR) is 112 cm³/mol. The van der Waals surface area contributed by atoms with Gasteiger partial charge in [0.25, 0.3) is 0 Å². The number of nitrogens with zero attached hydrogens (tertiary/aromatic N) is 1. The lowest BCUT2D eigenvalue weighted by molar-refractivity contribution is 0.242. The highest BCUT2D eigenvalue weighted by Gasteiger charge is 2.32. The Bertz CT molecular complexity index is 1110. The number of urea groups is 1. The van der Waals surface area contributed by atoms with E-state index in [1.54, 1.807) is 22.7 Å². The van der Waals surface area contributed by atoms with Gasteiger partial charge in [-0.15, -0.1) is 22.7 Å². The van der Waals surface area contributed by atoms with E-state index in [1.165, 1.54) is 0 Å². The van der Waals surface area contributed by atoms with E-state index >= 15 is 0 Å². The number of aromatic nitrogens is 1. The molecule has 27 heavy (non-hydrogen) atoms. The second-order valence-electron chi connectivity index (χ2n) is 6.19. The molecular weight excluding hydrogens is 374 g/mol. The Morgan fingerprint density at radius 1 is 0.926 bits per heavy atom. The van der Waals surface area contributed by atoms with Crippen molar-refractivity contribution in [2.24, 2.45) is 0 Å². The Morgan fingerprint density at radius 2 is 1.74 bits per heavy atom. The average molecular weight is 390 g/mol. The van der Waals surface area contributed by atoms with Gasteiger partial charge in [0, 0.05) is 10.5 Å². The number of nitrogens with one attached hydrogen (secondary N) is 2. The predicted octanol–water partition coefficient (Wildman–Crippen LogP) is 5.28. The van der Waals surface area contributed by atoms with Crippen LogP contribution >= 0.6 is 22.7 Å². The summed E-state index contributed by atoms with van der Waals surface area (Å²) in [6.07, 6.45) is 0. The quantitative estimate of drug-likeness (QED) is 0.501. The summed E-state index contributed by atoms with van der Waals surface area (Å²) >= 11 is 3.28. The second kappa shape index (κ2) is 6.64. The first-order valence-corrected chi connectivity index (χ1v) is 10.3. The van der Waals surface area contributed by atoms with Crippen LogP contribution in [0.5, 0.6) is 0 Å². The van der Waals surface area contributed by atoms with Crippen molar-refractivity contribution in [3.05, 3.63) is 87.6 Å². The Kier molecular flexibility index (Phi) is 3.99. The molecule has 4 nitrogen and oxygen atoms in total. The number of rotatable bonds is 3. The van der Waals surface area contributed by atoms with Crippen molar-refractivity contribution < 1.29 is 4.79 Å². The molecule has 5 rings (SSSR count). The molecule has 2 N–H and O–H groups in total. The number of hydrogen-bond donors (Lipinski definition) is 2. The van der Waals surface area contributed by atoms with E-state index in [-0.39, 0.29) is 12.1 Å². The maximum atomic E-state index is 12.4. The van der Waals surface area contributed by atoms with E-state index < -0.39 is 0 Å². The van der Waals surface area contributed by atoms with Gasteiger partial charge in [-0.25, -0.2) is 9.78 Å². The monoisotopic (exact) mass is 389 g/mol. The molecule has 2 aromatic carbocycles. The number of carbonyl (C=O) groups excluding carboxylic acids is 1. The molecule has 1 atom stereocenters. The molecule has 2 amide bonds. The molecule has 0 spiro atoms. The molecule has 0 saturated heterocycles. The number of benzene rings is 2. The summed E-state index contributed by atoms with van der Waals surface area (Å²) in [6, 6.07) is 21.7. The minimum Gasteiger partial charge on any atom is -0.326 e. The van der Waals surface area contributed by atoms with Crippen molar-refractivity contribution in [2.45, 2.75) is 6.04 Å². The normalized spacial score (nSPS) is 17.0. The molecule has 132 valence electrons. The molecule has 0 unspecified atom stereocenters. The molecule has 0 saturated carbocycles. The van der Waals surface area contributed by atoms with Crippen LogP contribution in [0.15, 0.2) is 72.1 Å². The third-order valence-electron chi connectivity index (χ3n) is 4.49. The number of carbonyl (C=O) groups is 1. The minimum atomic E-state index is -0.227. The second-order valence-corrected chi connectivity index (χ2v) is 8.20. The number of thiazole rings is 1. The third kappa shape index (κ3) is 2.93. The first-order chi connectivity index (χ1) is 13.3. The molecular formula is C21H15N3OS2. The van der Waals surface area contributed by atoms with E-state index in [2.05, 4.69) is 22.8 Å². The SMILES string of the molecule is O=C1NC(c2ccccc2)=C(c2nc3ccccc3s2)[C@H](c2cccs2)N1. The summed E-state index contributed by atoms with van der Waals surface area (Å²) in [5.74, 6) is 0. The molecule has 3 heterocycles. The number of para-hydroxylation sites is 1. The summed E-state index contributed by atoms with van der Waals surface area (Å²) in [7, 11) is 0. The lowest BCUT2D eigenvalue weighted by atomic mass is 9.97. The first kappa shape index (κ1) is 16.2. The van der Waals surface area contributed by atoms with Crippen molar-refractivity contribution >= 4 is 50.2 Å². The van der Waals surface area contributed by atoms with E-state index in [0.29, 0.717) is 0 Å². The van der Waals surface area contributed by atoms with Gasteiger partial charge >= 0.3 is 6.03 Å². The van der Waals surface area contributed by atoms with Crippen LogP contribution in [0.4, 0.5) is 4.79 Å². The molecule has 1 aliphatic heterocycles. The fourth-order valence-corrected chi connectivity index (χ4v) is 5.12. The van der Waals surface area contributed by atoms with Crippen molar-refractivity contribution in [3.63, 3.8) is 0 Å². The van der Waals surface area contributed by atoms with Crippen molar-refractivity contribution in [1.29, 1.82) is 0 Å². The summed E-state index contributed by atoms with van der Waals surface area (Å²) in [5, 5.41) is 9.05. The van der Waals surface area contributed by atoms with Crippen LogP contribution in [0.1, 0.15) is 21.5 Å². The van der Waals surface area contributed by atoms with E-state index in [0.717, 1.165) is 36.9 Å². The van der Waals surface area contributed by atoms with E-state index in [9.17, 15) is 4.79 Å². The topological polar surface area (TPSA) is 54.0 Å². The van der Waals surface area contributed by atoms with Gasteiger partial charge in [-0.1, -0.05) is 48.5 Å². The average Bonchev–Trinajstić information content (AvgIpc) is 3.37. The molecule has 4 aromatic rings. The Labute approximate surface area is 164 Å². The fourth-order valence-electron chi connectivity index (χ4n) is 3.28. The van der Waals surface area contributed by atoms with Crippen molar-refractivity contribution in [3.8, 4) is 0 Å². The van der Waals surface area contributed by atoms with Gasteiger partial charge in [-0.3, -0.25) is 0 Å². The Hall–Kier alpha value is -2.96. The molecule has 0 aliphatic carbocycles. The number of thiophene rings is 1. The smallest absolute Gasteiger partial charge is 0.320 e. The molecule has 6 heteroatoms. The van der Waals surface area contributed by atoms with Crippen LogP contribution in [0, 0.1) is 0 Å². The van der Waals surface area contributed by atoms with Gasteiger partial charge < -0.3 is 10.6 Å². The highest BCUT2D eigenvalue weighted by atomic mass is 32.1. The zero-order chi connectivity index (χ0) is 18.2. The van der Waals surface area contributed by atoms with E-state index in [1.807, 2.05) is 60.0 Å². The van der Waals surface area contributed by atoms with Gasteiger partial charge in [-0.05, 0) is 29.1 Å². The van der Waals surface area contributed by atoms with Crippen LogP contribution < -0.4 is 10.6 Å². The van der Waals surface area contributed by atoms with Crippen LogP contribution in [-0.4, -0.2) is 11.0 Å². The zero-order valence-corrected chi connectivity index (χ0v) is 15.8. The van der Waals surface area contributed by atoms with Gasteiger partial charge in [0.15, 0.2) is 0 Å². The van der Waals surface area contributed by atoms with Crippen LogP contribution in [0.2, 0.25) is 0 Å². The van der Waals surface area contributed by atoms with E-state index in [4.69, 9.17) is 4.98 Å². The van der Waals surface area contributed by atoms with Gasteiger partial charge in [0.2, 0.25) is 0 Å². The highest BCUT2D eigenvalue weighted by molar-refractivity contribution is 7.19. The lowest BCUT2D eigenvalue weighted by Crippen LogP contribution is -2.42. The number of fused-ring (bicyclic) bond motifs is 1. The standard InChI is InChI=1S/C21H15N3OS2/c25-21-23-18(13-7-2-1-3-8-13)17(19(24-21)16-11-6-12-26-16)20-22-14-9-4-5-10-15(14)27-20/h1-12,19H,(H2,23,24,25)/t19-/m0/s1. The van der Waals surface area contributed by atoms with Crippen LogP contribution in [0.3, 0.4) is 0 Å². The Morgan fingerprint density at radius 3 is 2.52 bits per heavy atom. The van der Waals surface area contributed by atoms with Crippen molar-refractivity contribution in [1.82, 2.24) is 15.6 Å². The molecule has 0 fully saturated rings. The van der Waals surface area contributed by atoms with Crippen LogP contribution in [-0.2, 0) is 0 Å². The summed E-state index contributed by atoms with van der Waals surface area (Å²) in [6.45, 7) is 0. The zero-order valence-electron chi connectivity index (χ0n) is 14.2. The largest absolute Gasteiger partial charge is 0.326 e. The summed E-state index contributed by atoms with van der Waals surface area (Å²) < 4.78 is 1.13. The summed E-state index contributed by atoms with van der Waals surface area (Å²) in [5.41, 5.74) is 3.77. The minimum absolute atomic E-state index is 0.197. The maximum Gasteiger partial charge on any atom is 0.320 e. The number of amides is 2. The van der Waals surface area contributed by atoms with Gasteiger partial charge in [-0.2, -0.15) is 0 Å². The van der Waals surface area contributed by atoms with Crippen molar-refractivity contribution in [2.75, 3.05) is 0 Å². The summed E-state index contributed by atoms with van der Waals surface area (Å²) in [4.78, 5) is 18.4. The Balaban J connectivity index is 1.78.